The Kier molecular flexibility index (Phi) is 4.61. The van der Waals surface area contributed by atoms with Crippen LogP contribution in [0.3, 0.4) is 0 Å². The number of carbonyl (C=O) groups is 1. The van der Waals surface area contributed by atoms with Crippen molar-refractivity contribution in [2.45, 2.75) is 33.2 Å². The van der Waals surface area contributed by atoms with Gasteiger partial charge in [-0.2, -0.15) is 0 Å². The molecule has 100 valence electrons. The summed E-state index contributed by atoms with van der Waals surface area (Å²) in [5.74, 6) is -0.592. The summed E-state index contributed by atoms with van der Waals surface area (Å²) in [7, 11) is 0. The SMILES string of the molecule is CC(C)(C)C(CCO)Nc1ccc(C(=O)O)nn1. The molecule has 1 unspecified atom stereocenters. The molecule has 1 atom stereocenters. The highest BCUT2D eigenvalue weighted by atomic mass is 16.4. The molecule has 1 aromatic rings. The Hall–Kier alpha value is -1.69. The van der Waals surface area contributed by atoms with Gasteiger partial charge in [0.15, 0.2) is 5.69 Å². The Balaban J connectivity index is 2.78. The van der Waals surface area contributed by atoms with Crippen LogP contribution in [0.1, 0.15) is 37.7 Å². The Bertz CT molecular complexity index is 398. The fourth-order valence-electron chi connectivity index (χ4n) is 1.55. The standard InChI is InChI=1S/C12H19N3O3/c1-12(2,3)9(6-7-16)13-10-5-4-8(11(17)18)14-15-10/h4-5,9,16H,6-7H2,1-3H3,(H,13,15)(H,17,18). The average molecular weight is 253 g/mol. The fraction of sp³-hybridized carbons (Fsp3) is 0.583. The average Bonchev–Trinajstić information content (AvgIpc) is 2.28. The van der Waals surface area contributed by atoms with Crippen LogP contribution in [0, 0.1) is 5.41 Å². The first-order valence-electron chi connectivity index (χ1n) is 5.79. The number of carboxylic acid groups (broad SMARTS) is 1. The van der Waals surface area contributed by atoms with Crippen LogP contribution in [-0.4, -0.2) is 39.0 Å². The van der Waals surface area contributed by atoms with Crippen molar-refractivity contribution in [3.05, 3.63) is 17.8 Å². The van der Waals surface area contributed by atoms with E-state index in [4.69, 9.17) is 10.2 Å². The molecule has 6 nitrogen and oxygen atoms in total. The highest BCUT2D eigenvalue weighted by molar-refractivity contribution is 5.85. The maximum atomic E-state index is 10.6. The third-order valence-corrected chi connectivity index (χ3v) is 2.67. The lowest BCUT2D eigenvalue weighted by Crippen LogP contribution is -2.35. The second-order valence-corrected chi connectivity index (χ2v) is 5.18. The zero-order chi connectivity index (χ0) is 13.8. The summed E-state index contributed by atoms with van der Waals surface area (Å²) in [6, 6.07) is 3.01. The third kappa shape index (κ3) is 3.96. The lowest BCUT2D eigenvalue weighted by molar-refractivity contribution is 0.0689. The first kappa shape index (κ1) is 14.4. The molecule has 3 N–H and O–H groups in total. The van der Waals surface area contributed by atoms with E-state index in [9.17, 15) is 4.79 Å². The lowest BCUT2D eigenvalue weighted by Gasteiger charge is -2.31. The van der Waals surface area contributed by atoms with Gasteiger partial charge < -0.3 is 15.5 Å². The van der Waals surface area contributed by atoms with Crippen LogP contribution >= 0.6 is 0 Å². The second kappa shape index (κ2) is 5.77. The molecule has 0 saturated carbocycles. The minimum absolute atomic E-state index is 0.0347. The lowest BCUT2D eigenvalue weighted by atomic mass is 9.85. The van der Waals surface area contributed by atoms with Gasteiger partial charge in [0.1, 0.15) is 5.82 Å². The van der Waals surface area contributed by atoms with Crippen LogP contribution < -0.4 is 5.32 Å². The van der Waals surface area contributed by atoms with Crippen LogP contribution in [0.4, 0.5) is 5.82 Å². The van der Waals surface area contributed by atoms with Crippen LogP contribution in [-0.2, 0) is 0 Å². The molecule has 0 fully saturated rings. The van der Waals surface area contributed by atoms with Gasteiger partial charge in [-0.15, -0.1) is 10.2 Å². The normalized spacial score (nSPS) is 13.1. The van der Waals surface area contributed by atoms with Crippen LogP contribution in [0.5, 0.6) is 0 Å². The zero-order valence-electron chi connectivity index (χ0n) is 10.8. The van der Waals surface area contributed by atoms with Gasteiger partial charge in [0.05, 0.1) is 0 Å². The first-order chi connectivity index (χ1) is 8.34. The van der Waals surface area contributed by atoms with Gasteiger partial charge >= 0.3 is 5.97 Å². The second-order valence-electron chi connectivity index (χ2n) is 5.18. The van der Waals surface area contributed by atoms with Crippen LogP contribution in [0.2, 0.25) is 0 Å². The molecule has 0 aliphatic rings. The number of aliphatic hydroxyl groups excluding tert-OH is 1. The number of nitrogens with one attached hydrogen (secondary N) is 1. The molecule has 0 spiro atoms. The third-order valence-electron chi connectivity index (χ3n) is 2.67. The number of aromatic nitrogens is 2. The first-order valence-corrected chi connectivity index (χ1v) is 5.79. The number of anilines is 1. The zero-order valence-corrected chi connectivity index (χ0v) is 10.8. The van der Waals surface area contributed by atoms with Crippen molar-refractivity contribution in [1.29, 1.82) is 0 Å². The molecule has 1 aromatic heterocycles. The molecule has 1 heterocycles. The van der Waals surface area contributed by atoms with Gasteiger partial charge in [0, 0.05) is 12.6 Å². The molecule has 0 amide bonds. The summed E-state index contributed by atoms with van der Waals surface area (Å²) in [6.45, 7) is 6.24. The number of aromatic carboxylic acids is 1. The fourth-order valence-corrected chi connectivity index (χ4v) is 1.55. The Morgan fingerprint density at radius 3 is 2.44 bits per heavy atom. The number of hydrogen-bond acceptors (Lipinski definition) is 5. The van der Waals surface area contributed by atoms with Crippen molar-refractivity contribution in [2.75, 3.05) is 11.9 Å². The Labute approximate surface area is 106 Å². The highest BCUT2D eigenvalue weighted by Crippen LogP contribution is 2.24. The molecule has 0 saturated heterocycles. The van der Waals surface area contributed by atoms with Crippen LogP contribution in [0.25, 0.3) is 0 Å². The van der Waals surface area contributed by atoms with E-state index in [0.29, 0.717) is 12.2 Å². The minimum Gasteiger partial charge on any atom is -0.476 e. The van der Waals surface area contributed by atoms with E-state index in [0.717, 1.165) is 0 Å². The largest absolute Gasteiger partial charge is 0.476 e. The summed E-state index contributed by atoms with van der Waals surface area (Å²) < 4.78 is 0. The van der Waals surface area contributed by atoms with E-state index >= 15 is 0 Å². The van der Waals surface area contributed by atoms with Gasteiger partial charge in [-0.1, -0.05) is 20.8 Å². The van der Waals surface area contributed by atoms with Gasteiger partial charge in [0.25, 0.3) is 0 Å². The Morgan fingerprint density at radius 2 is 2.06 bits per heavy atom. The van der Waals surface area contributed by atoms with E-state index in [-0.39, 0.29) is 23.8 Å². The van der Waals surface area contributed by atoms with E-state index in [1.165, 1.54) is 6.07 Å². The summed E-state index contributed by atoms with van der Waals surface area (Å²) in [4.78, 5) is 10.6. The molecular weight excluding hydrogens is 234 g/mol. The topological polar surface area (TPSA) is 95.3 Å². The molecule has 0 aromatic carbocycles. The predicted octanol–water partition coefficient (Wildman–Crippen LogP) is 1.38. The monoisotopic (exact) mass is 253 g/mol. The molecule has 18 heavy (non-hydrogen) atoms. The number of nitrogens with zero attached hydrogens (tertiary/aromatic N) is 2. The van der Waals surface area contributed by atoms with Crippen molar-refractivity contribution in [2.24, 2.45) is 5.41 Å². The van der Waals surface area contributed by atoms with Crippen molar-refractivity contribution < 1.29 is 15.0 Å². The molecule has 0 radical (unpaired) electrons. The molecule has 0 aliphatic heterocycles. The van der Waals surface area contributed by atoms with E-state index < -0.39 is 5.97 Å². The summed E-state index contributed by atoms with van der Waals surface area (Å²) in [6.07, 6.45) is 0.589. The van der Waals surface area contributed by atoms with Crippen molar-refractivity contribution in [1.82, 2.24) is 10.2 Å². The number of carboxylic acids is 1. The molecule has 0 bridgehead atoms. The van der Waals surface area contributed by atoms with Gasteiger partial charge in [-0.25, -0.2) is 4.79 Å². The van der Waals surface area contributed by atoms with Gasteiger partial charge in [0.2, 0.25) is 0 Å². The van der Waals surface area contributed by atoms with Crippen molar-refractivity contribution >= 4 is 11.8 Å². The van der Waals surface area contributed by atoms with E-state index in [1.807, 2.05) is 0 Å². The quantitative estimate of drug-likeness (QED) is 0.733. The van der Waals surface area contributed by atoms with Gasteiger partial charge in [-0.05, 0) is 24.0 Å². The van der Waals surface area contributed by atoms with Crippen LogP contribution in [0.15, 0.2) is 12.1 Å². The molecule has 1 rings (SSSR count). The summed E-state index contributed by atoms with van der Waals surface area (Å²) in [5, 5.41) is 28.3. The summed E-state index contributed by atoms with van der Waals surface area (Å²) in [5.41, 5.74) is -0.134. The molecule has 0 aliphatic carbocycles. The summed E-state index contributed by atoms with van der Waals surface area (Å²) >= 11 is 0. The minimum atomic E-state index is -1.10. The van der Waals surface area contributed by atoms with Gasteiger partial charge in [-0.3, -0.25) is 0 Å². The maximum absolute atomic E-state index is 10.6. The maximum Gasteiger partial charge on any atom is 0.356 e. The smallest absolute Gasteiger partial charge is 0.356 e. The highest BCUT2D eigenvalue weighted by Gasteiger charge is 2.24. The van der Waals surface area contributed by atoms with Crippen molar-refractivity contribution in [3.8, 4) is 0 Å². The van der Waals surface area contributed by atoms with E-state index in [1.54, 1.807) is 6.07 Å². The predicted molar refractivity (Wildman–Crippen MR) is 67.6 cm³/mol. The molecule has 6 heteroatoms. The van der Waals surface area contributed by atoms with Crippen molar-refractivity contribution in [3.63, 3.8) is 0 Å². The number of hydrogen-bond donors (Lipinski definition) is 3. The number of rotatable bonds is 5. The Morgan fingerprint density at radius 1 is 1.39 bits per heavy atom. The molecular formula is C12H19N3O3. The van der Waals surface area contributed by atoms with E-state index in [2.05, 4.69) is 36.3 Å². The number of aliphatic hydroxyl groups is 1.